The molecule has 1 aromatic heterocycles. The number of ketones is 2. The molecule has 3 aliphatic heterocycles. The lowest BCUT2D eigenvalue weighted by Crippen LogP contribution is -2.74. The second-order valence-corrected chi connectivity index (χ2v) is 18.3. The van der Waals surface area contributed by atoms with E-state index in [0.29, 0.717) is 39.9 Å². The van der Waals surface area contributed by atoms with Gasteiger partial charge in [0.25, 0.3) is 5.91 Å². The van der Waals surface area contributed by atoms with Crippen LogP contribution in [-0.4, -0.2) is 102 Å². The number of anilines is 2. The first kappa shape index (κ1) is 41.5. The topological polar surface area (TPSA) is 202 Å². The van der Waals surface area contributed by atoms with Gasteiger partial charge in [-0.25, -0.2) is 9.97 Å². The number of hydrogen-bond acceptors (Lipinski definition) is 13. The summed E-state index contributed by atoms with van der Waals surface area (Å²) in [6.45, 7) is 14.3. The van der Waals surface area contributed by atoms with Gasteiger partial charge < -0.3 is 19.9 Å². The Morgan fingerprint density at radius 2 is 1.51 bits per heavy atom. The fourth-order valence-electron chi connectivity index (χ4n) is 10.6. The minimum absolute atomic E-state index is 0.127. The third kappa shape index (κ3) is 7.83. The standard InChI is InChI=1S/C46H51N9O6/c1-45(2)42(46(3,4)43(45)61-32-7-5-28(23-47)29(21-32)24-48)52-40(59)30-25-49-44(50-26-30)55-15-12-27(13-16-55)11-14-53-17-19-54(20-18-53)31-6-8-33-35(22-31)39(58)37(38(33)57)34-9-10-36(56)51-41(34)60/h5-8,21-22,25-27,34,37,42-43H,9-20H2,1-4H3,(H,52,59)(H,51,56,60). The summed E-state index contributed by atoms with van der Waals surface area (Å²) in [6, 6.07) is 14.1. The summed E-state index contributed by atoms with van der Waals surface area (Å²) in [5.74, 6) is -1.98. The van der Waals surface area contributed by atoms with E-state index in [1.165, 1.54) is 0 Å². The number of ether oxygens (including phenoxy) is 1. The second kappa shape index (κ2) is 16.3. The molecule has 3 aromatic rings. The summed E-state index contributed by atoms with van der Waals surface area (Å²) in [4.78, 5) is 80.2. The Labute approximate surface area is 355 Å². The molecule has 4 heterocycles. The molecule has 3 saturated heterocycles. The fraction of sp³-hybridized carbons (Fsp3) is 0.500. The number of fused-ring (bicyclic) bond motifs is 1. The molecule has 4 fully saturated rings. The molecular weight excluding hydrogens is 775 g/mol. The molecule has 15 nitrogen and oxygen atoms in total. The first-order valence-corrected chi connectivity index (χ1v) is 21.2. The lowest BCUT2D eigenvalue weighted by atomic mass is 9.49. The average molecular weight is 826 g/mol. The molecular formula is C46H51N9O6. The first-order valence-electron chi connectivity index (χ1n) is 21.2. The molecule has 2 atom stereocenters. The number of imide groups is 1. The highest BCUT2D eigenvalue weighted by Gasteiger charge is 2.64. The number of piperidine rings is 2. The number of hydrogen-bond donors (Lipinski definition) is 2. The van der Waals surface area contributed by atoms with Crippen LogP contribution in [0.5, 0.6) is 5.75 Å². The van der Waals surface area contributed by atoms with Gasteiger partial charge in [-0.1, -0.05) is 27.7 Å². The molecule has 2 unspecified atom stereocenters. The van der Waals surface area contributed by atoms with E-state index in [2.05, 4.69) is 41.4 Å². The van der Waals surface area contributed by atoms with Gasteiger partial charge in [0.05, 0.1) is 28.5 Å². The summed E-state index contributed by atoms with van der Waals surface area (Å²) < 4.78 is 6.36. The number of nitriles is 2. The van der Waals surface area contributed by atoms with Crippen molar-refractivity contribution in [1.82, 2.24) is 25.5 Å². The molecule has 0 bridgehead atoms. The van der Waals surface area contributed by atoms with Gasteiger partial charge in [0.15, 0.2) is 11.6 Å². The number of nitrogens with zero attached hydrogens (tertiary/aromatic N) is 7. The van der Waals surface area contributed by atoms with Crippen LogP contribution in [-0.2, 0) is 9.59 Å². The van der Waals surface area contributed by atoms with Gasteiger partial charge in [-0.3, -0.25) is 34.2 Å². The van der Waals surface area contributed by atoms with Crippen molar-refractivity contribution >= 4 is 40.9 Å². The van der Waals surface area contributed by atoms with Crippen LogP contribution in [0.3, 0.4) is 0 Å². The van der Waals surface area contributed by atoms with Gasteiger partial charge in [-0.05, 0) is 74.5 Å². The molecule has 2 aliphatic carbocycles. The molecule has 0 radical (unpaired) electrons. The zero-order valence-corrected chi connectivity index (χ0v) is 35.1. The number of piperazine rings is 1. The Morgan fingerprint density at radius 1 is 0.836 bits per heavy atom. The normalized spacial score (nSPS) is 24.9. The minimum Gasteiger partial charge on any atom is -0.489 e. The Hall–Kier alpha value is -6.19. The van der Waals surface area contributed by atoms with Crippen molar-refractivity contribution in [3.05, 3.63) is 76.6 Å². The molecule has 0 spiro atoms. The van der Waals surface area contributed by atoms with Crippen LogP contribution in [0.15, 0.2) is 48.8 Å². The smallest absolute Gasteiger partial charge is 0.254 e. The van der Waals surface area contributed by atoms with Crippen molar-refractivity contribution in [2.24, 2.45) is 28.6 Å². The maximum atomic E-state index is 13.4. The van der Waals surface area contributed by atoms with Crippen LogP contribution in [0, 0.1) is 51.2 Å². The van der Waals surface area contributed by atoms with Crippen LogP contribution in [0.4, 0.5) is 11.6 Å². The number of Topliss-reactive ketones (excluding diaryl/α,β-unsaturated/α-hetero) is 2. The van der Waals surface area contributed by atoms with Crippen molar-refractivity contribution in [3.63, 3.8) is 0 Å². The molecule has 2 N–H and O–H groups in total. The van der Waals surface area contributed by atoms with Crippen LogP contribution < -0.4 is 25.2 Å². The Morgan fingerprint density at radius 3 is 2.16 bits per heavy atom. The number of amides is 3. The van der Waals surface area contributed by atoms with Gasteiger partial charge in [0.2, 0.25) is 17.8 Å². The summed E-state index contributed by atoms with van der Waals surface area (Å²) >= 11 is 0. The van der Waals surface area contributed by atoms with E-state index in [-0.39, 0.29) is 53.9 Å². The number of benzene rings is 2. The highest BCUT2D eigenvalue weighted by atomic mass is 16.5. The molecule has 8 rings (SSSR count). The molecule has 3 amide bonds. The minimum atomic E-state index is -1.06. The monoisotopic (exact) mass is 825 g/mol. The van der Waals surface area contributed by atoms with Crippen molar-refractivity contribution in [3.8, 4) is 17.9 Å². The van der Waals surface area contributed by atoms with E-state index in [1.807, 2.05) is 39.8 Å². The number of aromatic nitrogens is 2. The predicted octanol–water partition coefficient (Wildman–Crippen LogP) is 4.31. The van der Waals surface area contributed by atoms with Crippen molar-refractivity contribution in [2.45, 2.75) is 71.9 Å². The summed E-state index contributed by atoms with van der Waals surface area (Å²) in [5, 5.41) is 24.2. The summed E-state index contributed by atoms with van der Waals surface area (Å²) in [5.41, 5.74) is 1.72. The summed E-state index contributed by atoms with van der Waals surface area (Å²) in [6.07, 6.45) is 6.41. The third-order valence-corrected chi connectivity index (χ3v) is 13.8. The number of carbonyl (C=O) groups is 5. The zero-order valence-electron chi connectivity index (χ0n) is 35.1. The Balaban J connectivity index is 0.771. The number of nitrogens with one attached hydrogen (secondary N) is 2. The lowest BCUT2D eigenvalue weighted by molar-refractivity contribution is -0.164. The zero-order chi connectivity index (χ0) is 43.2. The molecule has 5 aliphatic rings. The van der Waals surface area contributed by atoms with Gasteiger partial charge >= 0.3 is 0 Å². The van der Waals surface area contributed by atoms with Crippen LogP contribution >= 0.6 is 0 Å². The van der Waals surface area contributed by atoms with E-state index in [0.717, 1.165) is 70.8 Å². The SMILES string of the molecule is CC1(C)C(NC(=O)c2cnc(N3CCC(CCN4CCN(c5ccc6c(c5)C(=O)C(C5CCC(=O)NC5=O)C6=O)CC4)CC3)nc2)C(C)(C)C1Oc1ccc(C#N)c(C#N)c1. The third-order valence-electron chi connectivity index (χ3n) is 13.8. The van der Waals surface area contributed by atoms with E-state index >= 15 is 0 Å². The van der Waals surface area contributed by atoms with E-state index in [9.17, 15) is 34.5 Å². The Bertz CT molecular complexity index is 2330. The van der Waals surface area contributed by atoms with Crippen LogP contribution in [0.25, 0.3) is 0 Å². The van der Waals surface area contributed by atoms with Gasteiger partial charge in [0.1, 0.15) is 24.0 Å². The average Bonchev–Trinajstić information content (AvgIpc) is 3.51. The van der Waals surface area contributed by atoms with Crippen molar-refractivity contribution < 1.29 is 28.7 Å². The van der Waals surface area contributed by atoms with E-state index in [1.54, 1.807) is 42.7 Å². The van der Waals surface area contributed by atoms with Crippen LogP contribution in [0.2, 0.25) is 0 Å². The maximum Gasteiger partial charge on any atom is 0.254 e. The number of rotatable bonds is 10. The Kier molecular flexibility index (Phi) is 11.1. The first-order chi connectivity index (χ1) is 29.2. The molecule has 2 aromatic carbocycles. The quantitative estimate of drug-likeness (QED) is 0.217. The largest absolute Gasteiger partial charge is 0.489 e. The van der Waals surface area contributed by atoms with Gasteiger partial charge in [-0.15, -0.1) is 0 Å². The lowest BCUT2D eigenvalue weighted by Gasteiger charge is -2.63. The van der Waals surface area contributed by atoms with Crippen LogP contribution in [0.1, 0.15) is 102 Å². The summed E-state index contributed by atoms with van der Waals surface area (Å²) in [7, 11) is 0. The highest BCUT2D eigenvalue weighted by molar-refractivity contribution is 6.28. The molecule has 61 heavy (non-hydrogen) atoms. The predicted molar refractivity (Wildman–Crippen MR) is 224 cm³/mol. The number of carbonyl (C=O) groups excluding carboxylic acids is 5. The van der Waals surface area contributed by atoms with Crippen molar-refractivity contribution in [2.75, 3.05) is 55.6 Å². The second-order valence-electron chi connectivity index (χ2n) is 18.3. The van der Waals surface area contributed by atoms with E-state index < -0.39 is 28.6 Å². The fourth-order valence-corrected chi connectivity index (χ4v) is 10.6. The van der Waals surface area contributed by atoms with Crippen molar-refractivity contribution in [1.29, 1.82) is 10.5 Å². The molecule has 1 saturated carbocycles. The van der Waals surface area contributed by atoms with E-state index in [4.69, 9.17) is 4.74 Å². The van der Waals surface area contributed by atoms with Gasteiger partial charge in [0, 0.05) is 91.8 Å². The molecule has 316 valence electrons. The highest BCUT2D eigenvalue weighted by Crippen LogP contribution is 2.55. The maximum absolute atomic E-state index is 13.4. The molecule has 15 heteroatoms. The van der Waals surface area contributed by atoms with Gasteiger partial charge in [-0.2, -0.15) is 10.5 Å².